The fourth-order valence-electron chi connectivity index (χ4n) is 3.41. The minimum Gasteiger partial charge on any atom is -0.496 e. The molecule has 0 aliphatic heterocycles. The number of methoxy groups -OCH3 is 2. The number of aryl methyl sites for hydroxylation is 1. The molecule has 0 radical (unpaired) electrons. The first-order valence-corrected chi connectivity index (χ1v) is 7.62. The van der Waals surface area contributed by atoms with E-state index >= 15 is 0 Å². The van der Waals surface area contributed by atoms with Gasteiger partial charge in [0.1, 0.15) is 11.2 Å². The maximum atomic E-state index is 12.3. The van der Waals surface area contributed by atoms with Crippen molar-refractivity contribution < 1.29 is 19.4 Å². The molecule has 4 heteroatoms. The molecule has 0 bridgehead atoms. The van der Waals surface area contributed by atoms with Crippen molar-refractivity contribution in [3.63, 3.8) is 0 Å². The van der Waals surface area contributed by atoms with Crippen molar-refractivity contribution in [2.24, 2.45) is 0 Å². The van der Waals surface area contributed by atoms with Crippen molar-refractivity contribution in [3.05, 3.63) is 53.6 Å². The summed E-state index contributed by atoms with van der Waals surface area (Å²) in [6.45, 7) is -0.263. The number of esters is 1. The quantitative estimate of drug-likeness (QED) is 0.882. The van der Waals surface area contributed by atoms with Crippen molar-refractivity contribution in [1.82, 2.24) is 0 Å². The Hall–Kier alpha value is -2.33. The minimum atomic E-state index is -0.980. The summed E-state index contributed by atoms with van der Waals surface area (Å²) in [6, 6.07) is 13.9. The average Bonchev–Trinajstić information content (AvgIpc) is 2.99. The summed E-state index contributed by atoms with van der Waals surface area (Å²) in [5.74, 6) is 0.298. The van der Waals surface area contributed by atoms with Crippen LogP contribution in [-0.2, 0) is 21.4 Å². The summed E-state index contributed by atoms with van der Waals surface area (Å²) in [7, 11) is 2.97. The van der Waals surface area contributed by atoms with Crippen molar-refractivity contribution in [3.8, 4) is 16.9 Å². The van der Waals surface area contributed by atoms with Gasteiger partial charge in [-0.25, -0.2) is 0 Å². The number of ether oxygens (including phenoxy) is 2. The van der Waals surface area contributed by atoms with Gasteiger partial charge < -0.3 is 14.6 Å². The number of hydrogen-bond donors (Lipinski definition) is 1. The Morgan fingerprint density at radius 3 is 2.57 bits per heavy atom. The lowest BCUT2D eigenvalue weighted by Gasteiger charge is -2.25. The Labute approximate surface area is 135 Å². The third-order valence-electron chi connectivity index (χ3n) is 4.69. The van der Waals surface area contributed by atoms with Gasteiger partial charge in [0, 0.05) is 5.56 Å². The number of carbonyl (C=O) groups excluding carboxylic acids is 1. The van der Waals surface area contributed by atoms with Crippen LogP contribution in [0.1, 0.15) is 17.5 Å². The summed E-state index contributed by atoms with van der Waals surface area (Å²) < 4.78 is 10.5. The van der Waals surface area contributed by atoms with Gasteiger partial charge in [0.15, 0.2) is 0 Å². The van der Waals surface area contributed by atoms with E-state index in [1.807, 2.05) is 36.4 Å². The largest absolute Gasteiger partial charge is 0.496 e. The van der Waals surface area contributed by atoms with E-state index in [0.717, 1.165) is 28.7 Å². The summed E-state index contributed by atoms with van der Waals surface area (Å²) >= 11 is 0. The average molecular weight is 312 g/mol. The monoisotopic (exact) mass is 312 g/mol. The molecule has 3 rings (SSSR count). The van der Waals surface area contributed by atoms with Gasteiger partial charge in [-0.1, -0.05) is 30.3 Å². The van der Waals surface area contributed by atoms with Crippen LogP contribution >= 0.6 is 0 Å². The van der Waals surface area contributed by atoms with Crippen LogP contribution in [0, 0.1) is 0 Å². The fraction of sp³-hybridized carbons (Fsp3) is 0.316. The first-order valence-electron chi connectivity index (χ1n) is 7.62. The molecule has 2 aromatic rings. The van der Waals surface area contributed by atoms with Gasteiger partial charge in [0.05, 0.1) is 20.8 Å². The highest BCUT2D eigenvalue weighted by Crippen LogP contribution is 2.44. The normalized spacial score (nSPS) is 19.3. The van der Waals surface area contributed by atoms with E-state index < -0.39 is 11.4 Å². The summed E-state index contributed by atoms with van der Waals surface area (Å²) in [6.07, 6.45) is 1.28. The molecule has 1 atom stereocenters. The summed E-state index contributed by atoms with van der Waals surface area (Å²) in [5, 5.41) is 9.87. The van der Waals surface area contributed by atoms with Gasteiger partial charge in [-0.2, -0.15) is 0 Å². The lowest BCUT2D eigenvalue weighted by atomic mass is 9.82. The molecule has 1 N–H and O–H groups in total. The van der Waals surface area contributed by atoms with Crippen LogP contribution in [0.3, 0.4) is 0 Å². The molecule has 1 unspecified atom stereocenters. The van der Waals surface area contributed by atoms with E-state index in [-0.39, 0.29) is 6.61 Å². The topological polar surface area (TPSA) is 55.8 Å². The zero-order valence-electron chi connectivity index (χ0n) is 13.3. The highest BCUT2D eigenvalue weighted by atomic mass is 16.5. The number of aliphatic hydroxyl groups excluding tert-OH is 1. The van der Waals surface area contributed by atoms with E-state index in [1.54, 1.807) is 7.11 Å². The first kappa shape index (κ1) is 15.6. The SMILES string of the molecule is COC(=O)C1(CO)CCc2cc(-c3ccccc3)c(OC)cc21. The predicted molar refractivity (Wildman–Crippen MR) is 87.5 cm³/mol. The molecule has 2 aromatic carbocycles. The van der Waals surface area contributed by atoms with Crippen molar-refractivity contribution in [2.75, 3.05) is 20.8 Å². The molecule has 4 nitrogen and oxygen atoms in total. The molecule has 0 saturated heterocycles. The third-order valence-corrected chi connectivity index (χ3v) is 4.69. The Kier molecular flexibility index (Phi) is 4.09. The Morgan fingerprint density at radius 1 is 1.22 bits per heavy atom. The number of aliphatic hydroxyl groups is 1. The second-order valence-corrected chi connectivity index (χ2v) is 5.81. The molecule has 0 saturated carbocycles. The van der Waals surface area contributed by atoms with Crippen LogP contribution in [-0.4, -0.2) is 31.9 Å². The smallest absolute Gasteiger partial charge is 0.318 e. The molecule has 1 aliphatic carbocycles. The van der Waals surface area contributed by atoms with Gasteiger partial charge in [0.25, 0.3) is 0 Å². The zero-order chi connectivity index (χ0) is 16.4. The van der Waals surface area contributed by atoms with Gasteiger partial charge in [-0.15, -0.1) is 0 Å². The Bertz CT molecular complexity index is 724. The van der Waals surface area contributed by atoms with Crippen LogP contribution in [0.4, 0.5) is 0 Å². The van der Waals surface area contributed by atoms with Crippen LogP contribution in [0.2, 0.25) is 0 Å². The standard InChI is InChI=1S/C19H20O4/c1-22-17-11-16-14(8-9-19(16,12-20)18(21)23-2)10-15(17)13-6-4-3-5-7-13/h3-7,10-11,20H,8-9,12H2,1-2H3. The second-order valence-electron chi connectivity index (χ2n) is 5.81. The lowest BCUT2D eigenvalue weighted by molar-refractivity contribution is -0.149. The highest BCUT2D eigenvalue weighted by Gasteiger charge is 2.46. The number of carbonyl (C=O) groups is 1. The van der Waals surface area contributed by atoms with Crippen molar-refractivity contribution in [1.29, 1.82) is 0 Å². The molecule has 0 heterocycles. The minimum absolute atomic E-state index is 0.263. The molecule has 0 spiro atoms. The van der Waals surface area contributed by atoms with E-state index in [2.05, 4.69) is 6.07 Å². The first-order chi connectivity index (χ1) is 11.2. The Morgan fingerprint density at radius 2 is 1.96 bits per heavy atom. The molecule has 0 aromatic heterocycles. The summed E-state index contributed by atoms with van der Waals surface area (Å²) in [5.41, 5.74) is 2.94. The number of rotatable bonds is 4. The maximum absolute atomic E-state index is 12.3. The fourth-order valence-corrected chi connectivity index (χ4v) is 3.41. The van der Waals surface area contributed by atoms with E-state index in [4.69, 9.17) is 9.47 Å². The van der Waals surface area contributed by atoms with Gasteiger partial charge >= 0.3 is 5.97 Å². The van der Waals surface area contributed by atoms with Crippen molar-refractivity contribution in [2.45, 2.75) is 18.3 Å². The zero-order valence-corrected chi connectivity index (χ0v) is 13.3. The van der Waals surface area contributed by atoms with E-state index in [9.17, 15) is 9.90 Å². The van der Waals surface area contributed by atoms with Crippen LogP contribution in [0.5, 0.6) is 5.75 Å². The maximum Gasteiger partial charge on any atom is 0.318 e. The van der Waals surface area contributed by atoms with E-state index in [1.165, 1.54) is 7.11 Å². The van der Waals surface area contributed by atoms with Crippen LogP contribution in [0.15, 0.2) is 42.5 Å². The molecule has 120 valence electrons. The third kappa shape index (κ3) is 2.39. The van der Waals surface area contributed by atoms with E-state index in [0.29, 0.717) is 12.2 Å². The predicted octanol–water partition coefficient (Wildman–Crippen LogP) is 2.71. The highest BCUT2D eigenvalue weighted by molar-refractivity contribution is 5.86. The molecule has 1 aliphatic rings. The lowest BCUT2D eigenvalue weighted by Crippen LogP contribution is -2.38. The van der Waals surface area contributed by atoms with Crippen LogP contribution in [0.25, 0.3) is 11.1 Å². The molecule has 23 heavy (non-hydrogen) atoms. The van der Waals surface area contributed by atoms with Crippen LogP contribution < -0.4 is 4.74 Å². The number of hydrogen-bond acceptors (Lipinski definition) is 4. The van der Waals surface area contributed by atoms with Crippen molar-refractivity contribution >= 4 is 5.97 Å². The van der Waals surface area contributed by atoms with Gasteiger partial charge in [-0.05, 0) is 41.7 Å². The molecular weight excluding hydrogens is 292 g/mol. The molecule has 0 amide bonds. The second kappa shape index (κ2) is 6.05. The number of fused-ring (bicyclic) bond motifs is 1. The number of benzene rings is 2. The van der Waals surface area contributed by atoms with Gasteiger partial charge in [-0.3, -0.25) is 4.79 Å². The molecule has 0 fully saturated rings. The van der Waals surface area contributed by atoms with Gasteiger partial charge in [0.2, 0.25) is 0 Å². The molecular formula is C19H20O4. The summed E-state index contributed by atoms with van der Waals surface area (Å²) in [4.78, 5) is 12.3. The Balaban J connectivity index is 2.16.